The number of rotatable bonds is 7. The van der Waals surface area contributed by atoms with Gasteiger partial charge in [0.25, 0.3) is 0 Å². The van der Waals surface area contributed by atoms with Gasteiger partial charge in [-0.15, -0.1) is 0 Å². The topological polar surface area (TPSA) is 67.9 Å². The van der Waals surface area contributed by atoms with Crippen molar-refractivity contribution in [1.29, 1.82) is 0 Å². The minimum absolute atomic E-state index is 0.0396. The van der Waals surface area contributed by atoms with E-state index in [-0.39, 0.29) is 10.3 Å². The molecular weight excluding hydrogens is 340 g/mol. The Labute approximate surface area is 150 Å². The van der Waals surface area contributed by atoms with Crippen LogP contribution in [0.25, 0.3) is 0 Å². The van der Waals surface area contributed by atoms with E-state index in [9.17, 15) is 8.42 Å². The third-order valence-electron chi connectivity index (χ3n) is 5.32. The fourth-order valence-electron chi connectivity index (χ4n) is 3.70. The smallest absolute Gasteiger partial charge is 0.240 e. The van der Waals surface area contributed by atoms with E-state index >= 15 is 0 Å². The molecule has 25 heavy (non-hydrogen) atoms. The summed E-state index contributed by atoms with van der Waals surface area (Å²) in [6.07, 6.45) is 4.28. The van der Waals surface area contributed by atoms with Crippen LogP contribution in [-0.2, 0) is 14.8 Å². The Morgan fingerprint density at radius 2 is 1.80 bits per heavy atom. The predicted octanol–water partition coefficient (Wildman–Crippen LogP) is 1.87. The van der Waals surface area contributed by atoms with E-state index in [4.69, 9.17) is 9.47 Å². The molecule has 0 aromatic heterocycles. The van der Waals surface area contributed by atoms with Gasteiger partial charge in [0.05, 0.1) is 12.0 Å². The maximum Gasteiger partial charge on any atom is 0.240 e. The Kier molecular flexibility index (Phi) is 5.99. The largest absolute Gasteiger partial charge is 0.497 e. The van der Waals surface area contributed by atoms with E-state index in [0.29, 0.717) is 25.5 Å². The number of nitrogens with one attached hydrogen (secondary N) is 1. The van der Waals surface area contributed by atoms with E-state index in [1.807, 2.05) is 0 Å². The molecule has 1 aromatic carbocycles. The summed E-state index contributed by atoms with van der Waals surface area (Å²) < 4.78 is 38.8. The van der Waals surface area contributed by atoms with Gasteiger partial charge in [-0.3, -0.25) is 0 Å². The number of benzene rings is 1. The number of hydrogen-bond acceptors (Lipinski definition) is 5. The SMILES string of the molecule is COc1ccc(S(=O)(=O)NCC2(CN3CCCC3)CCOCC2)cc1. The number of likely N-dealkylation sites (tertiary alicyclic amines) is 1. The van der Waals surface area contributed by atoms with E-state index in [0.717, 1.165) is 32.5 Å². The summed E-state index contributed by atoms with van der Waals surface area (Å²) in [5.74, 6) is 0.647. The minimum Gasteiger partial charge on any atom is -0.497 e. The molecule has 0 aliphatic carbocycles. The van der Waals surface area contributed by atoms with E-state index in [2.05, 4.69) is 9.62 Å². The Morgan fingerprint density at radius 3 is 2.40 bits per heavy atom. The maximum absolute atomic E-state index is 12.7. The molecule has 0 atom stereocenters. The normalized spacial score (nSPS) is 21.3. The Morgan fingerprint density at radius 1 is 1.16 bits per heavy atom. The summed E-state index contributed by atoms with van der Waals surface area (Å²) in [6.45, 7) is 5.06. The van der Waals surface area contributed by atoms with Crippen LogP contribution in [0.15, 0.2) is 29.2 Å². The van der Waals surface area contributed by atoms with Gasteiger partial charge in [0.2, 0.25) is 10.0 Å². The molecule has 0 radical (unpaired) electrons. The Bertz CT molecular complexity index is 648. The van der Waals surface area contributed by atoms with Crippen LogP contribution in [-0.4, -0.2) is 59.8 Å². The summed E-state index contributed by atoms with van der Waals surface area (Å²) in [5.41, 5.74) is -0.0396. The average Bonchev–Trinajstić information content (AvgIpc) is 3.14. The summed E-state index contributed by atoms with van der Waals surface area (Å²) in [4.78, 5) is 2.74. The molecule has 2 aliphatic rings. The quantitative estimate of drug-likeness (QED) is 0.796. The third-order valence-corrected chi connectivity index (χ3v) is 6.74. The number of ether oxygens (including phenoxy) is 2. The summed E-state index contributed by atoms with van der Waals surface area (Å²) >= 11 is 0. The first-order valence-electron chi connectivity index (χ1n) is 8.97. The molecule has 0 bridgehead atoms. The standard InChI is InChI=1S/C18H28N2O4S/c1-23-16-4-6-17(7-5-16)25(21,22)19-14-18(8-12-24-13-9-18)15-20-10-2-3-11-20/h4-7,19H,2-3,8-15H2,1H3. The molecule has 0 spiro atoms. The highest BCUT2D eigenvalue weighted by Crippen LogP contribution is 2.32. The molecule has 2 heterocycles. The highest BCUT2D eigenvalue weighted by atomic mass is 32.2. The fourth-order valence-corrected chi connectivity index (χ4v) is 4.85. The molecule has 2 aliphatic heterocycles. The molecule has 0 amide bonds. The number of hydrogen-bond donors (Lipinski definition) is 1. The molecule has 2 fully saturated rings. The molecule has 0 saturated carbocycles. The van der Waals surface area contributed by atoms with Crippen molar-refractivity contribution < 1.29 is 17.9 Å². The van der Waals surface area contributed by atoms with Crippen LogP contribution in [0.1, 0.15) is 25.7 Å². The monoisotopic (exact) mass is 368 g/mol. The zero-order valence-electron chi connectivity index (χ0n) is 14.9. The van der Waals surface area contributed by atoms with Gasteiger partial charge in [0.15, 0.2) is 0 Å². The first kappa shape index (κ1) is 18.6. The summed E-state index contributed by atoms with van der Waals surface area (Å²) in [7, 11) is -1.96. The molecule has 7 heteroatoms. The number of nitrogens with zero attached hydrogens (tertiary/aromatic N) is 1. The third kappa shape index (κ3) is 4.73. The molecule has 0 unspecified atom stereocenters. The first-order chi connectivity index (χ1) is 12.0. The van der Waals surface area contributed by atoms with E-state index in [1.54, 1.807) is 31.4 Å². The second-order valence-electron chi connectivity index (χ2n) is 7.10. The lowest BCUT2D eigenvalue weighted by atomic mass is 9.80. The van der Waals surface area contributed by atoms with Crippen LogP contribution in [0.2, 0.25) is 0 Å². The zero-order chi connectivity index (χ0) is 17.8. The Balaban J connectivity index is 1.68. The van der Waals surface area contributed by atoms with Gasteiger partial charge >= 0.3 is 0 Å². The number of sulfonamides is 1. The molecule has 6 nitrogen and oxygen atoms in total. The van der Waals surface area contributed by atoms with Crippen LogP contribution in [0.5, 0.6) is 5.75 Å². The van der Waals surface area contributed by atoms with Crippen LogP contribution >= 0.6 is 0 Å². The fraction of sp³-hybridized carbons (Fsp3) is 0.667. The van der Waals surface area contributed by atoms with Crippen LogP contribution in [0, 0.1) is 5.41 Å². The summed E-state index contributed by atoms with van der Waals surface area (Å²) in [6, 6.07) is 6.50. The van der Waals surface area contributed by atoms with Crippen molar-refractivity contribution in [2.24, 2.45) is 5.41 Å². The van der Waals surface area contributed by atoms with Crippen LogP contribution in [0.4, 0.5) is 0 Å². The van der Waals surface area contributed by atoms with Crippen LogP contribution in [0.3, 0.4) is 0 Å². The van der Waals surface area contributed by atoms with Gasteiger partial charge in [-0.1, -0.05) is 0 Å². The van der Waals surface area contributed by atoms with Gasteiger partial charge in [0, 0.05) is 31.7 Å². The second-order valence-corrected chi connectivity index (χ2v) is 8.86. The zero-order valence-corrected chi connectivity index (χ0v) is 15.7. The van der Waals surface area contributed by atoms with Crippen molar-refractivity contribution in [2.45, 2.75) is 30.6 Å². The Hall–Kier alpha value is -1.15. The van der Waals surface area contributed by atoms with E-state index < -0.39 is 10.0 Å². The van der Waals surface area contributed by atoms with Crippen molar-refractivity contribution in [1.82, 2.24) is 9.62 Å². The molecule has 140 valence electrons. The highest BCUT2D eigenvalue weighted by molar-refractivity contribution is 7.89. The van der Waals surface area contributed by atoms with Crippen LogP contribution < -0.4 is 9.46 Å². The first-order valence-corrected chi connectivity index (χ1v) is 10.5. The van der Waals surface area contributed by atoms with E-state index in [1.165, 1.54) is 12.8 Å². The van der Waals surface area contributed by atoms with Gasteiger partial charge < -0.3 is 14.4 Å². The number of methoxy groups -OCH3 is 1. The van der Waals surface area contributed by atoms with Gasteiger partial charge in [-0.25, -0.2) is 13.1 Å². The minimum atomic E-state index is -3.52. The molecule has 1 N–H and O–H groups in total. The molecule has 1 aromatic rings. The predicted molar refractivity (Wildman–Crippen MR) is 96.3 cm³/mol. The van der Waals surface area contributed by atoms with Gasteiger partial charge in [0.1, 0.15) is 5.75 Å². The van der Waals surface area contributed by atoms with Crippen molar-refractivity contribution in [2.75, 3.05) is 46.5 Å². The van der Waals surface area contributed by atoms with Crippen molar-refractivity contribution >= 4 is 10.0 Å². The lowest BCUT2D eigenvalue weighted by molar-refractivity contribution is 0.00157. The molecular formula is C18H28N2O4S. The molecule has 3 rings (SSSR count). The van der Waals surface area contributed by atoms with Gasteiger partial charge in [-0.2, -0.15) is 0 Å². The van der Waals surface area contributed by atoms with Crippen molar-refractivity contribution in [3.05, 3.63) is 24.3 Å². The lowest BCUT2D eigenvalue weighted by Gasteiger charge is -2.40. The second kappa shape index (κ2) is 8.03. The lowest BCUT2D eigenvalue weighted by Crippen LogP contribution is -2.47. The average molecular weight is 368 g/mol. The summed E-state index contributed by atoms with van der Waals surface area (Å²) in [5, 5.41) is 0. The van der Waals surface area contributed by atoms with Crippen molar-refractivity contribution in [3.8, 4) is 5.75 Å². The van der Waals surface area contributed by atoms with Gasteiger partial charge in [-0.05, 0) is 63.0 Å². The van der Waals surface area contributed by atoms with Crippen molar-refractivity contribution in [3.63, 3.8) is 0 Å². The highest BCUT2D eigenvalue weighted by Gasteiger charge is 2.36. The maximum atomic E-state index is 12.7. The molecule has 2 saturated heterocycles.